The van der Waals surface area contributed by atoms with Gasteiger partial charge in [0.25, 0.3) is 0 Å². The molecule has 0 spiro atoms. The van der Waals surface area contributed by atoms with Crippen molar-refractivity contribution in [3.63, 3.8) is 0 Å². The van der Waals surface area contributed by atoms with Crippen LogP contribution in [0.4, 0.5) is 0 Å². The Labute approximate surface area is 161 Å². The smallest absolute Gasteiger partial charge is 0.189 e. The zero-order valence-electron chi connectivity index (χ0n) is 14.1. The van der Waals surface area contributed by atoms with Gasteiger partial charge < -0.3 is 20.5 Å². The third-order valence-electron chi connectivity index (χ3n) is 4.45. The van der Waals surface area contributed by atoms with Gasteiger partial charge in [0.05, 0.1) is 19.8 Å². The van der Waals surface area contributed by atoms with Crippen LogP contribution in [0.2, 0.25) is 0 Å². The van der Waals surface area contributed by atoms with Crippen LogP contribution in [0, 0.1) is 0 Å². The van der Waals surface area contributed by atoms with E-state index < -0.39 is 0 Å². The highest BCUT2D eigenvalue weighted by atomic mass is 127. The Bertz CT molecular complexity index is 543. The lowest BCUT2D eigenvalue weighted by Gasteiger charge is -2.16. The third kappa shape index (κ3) is 5.72. The minimum atomic E-state index is 0. The summed E-state index contributed by atoms with van der Waals surface area (Å²) in [5.41, 5.74) is 7.13. The second kappa shape index (κ2) is 9.96. The molecule has 0 radical (unpaired) electrons. The van der Waals surface area contributed by atoms with Gasteiger partial charge in [0, 0.05) is 12.5 Å². The van der Waals surface area contributed by atoms with Gasteiger partial charge in [-0.1, -0.05) is 31.7 Å². The Morgan fingerprint density at radius 1 is 1.04 bits per heavy atom. The van der Waals surface area contributed by atoms with Crippen LogP contribution in [0.5, 0.6) is 11.5 Å². The van der Waals surface area contributed by atoms with E-state index in [0.717, 1.165) is 23.5 Å². The fourth-order valence-corrected chi connectivity index (χ4v) is 3.16. The zero-order valence-corrected chi connectivity index (χ0v) is 16.5. The minimum absolute atomic E-state index is 0. The Kier molecular flexibility index (Phi) is 7.94. The fourth-order valence-electron chi connectivity index (χ4n) is 3.16. The van der Waals surface area contributed by atoms with Gasteiger partial charge >= 0.3 is 0 Å². The van der Waals surface area contributed by atoms with Crippen molar-refractivity contribution in [2.24, 2.45) is 10.7 Å². The SMILES string of the molecule is I.NC(=NCc1ccc2c(c1)OCCCO2)NC1CCCCCC1. The van der Waals surface area contributed by atoms with Crippen LogP contribution in [0.3, 0.4) is 0 Å². The molecule has 0 amide bonds. The number of aliphatic imine (C=N–C) groups is 1. The van der Waals surface area contributed by atoms with Crippen LogP contribution in [0.15, 0.2) is 23.2 Å². The summed E-state index contributed by atoms with van der Waals surface area (Å²) in [6, 6.07) is 6.46. The molecule has 0 bridgehead atoms. The van der Waals surface area contributed by atoms with Gasteiger partial charge in [-0.15, -0.1) is 24.0 Å². The lowest BCUT2D eigenvalue weighted by Crippen LogP contribution is -2.39. The molecule has 3 N–H and O–H groups in total. The molecule has 3 rings (SSSR count). The fraction of sp³-hybridized carbons (Fsp3) is 0.611. The molecule has 0 saturated heterocycles. The van der Waals surface area contributed by atoms with Crippen molar-refractivity contribution in [1.82, 2.24) is 5.32 Å². The van der Waals surface area contributed by atoms with E-state index in [0.29, 0.717) is 31.8 Å². The van der Waals surface area contributed by atoms with Crippen molar-refractivity contribution in [1.29, 1.82) is 0 Å². The number of nitrogens with two attached hydrogens (primary N) is 1. The van der Waals surface area contributed by atoms with Crippen molar-refractivity contribution in [2.75, 3.05) is 13.2 Å². The molecule has 1 fully saturated rings. The number of halogens is 1. The molecule has 6 heteroatoms. The third-order valence-corrected chi connectivity index (χ3v) is 4.45. The number of ether oxygens (including phenoxy) is 2. The first-order valence-corrected chi connectivity index (χ1v) is 8.76. The van der Waals surface area contributed by atoms with E-state index in [-0.39, 0.29) is 24.0 Å². The molecule has 24 heavy (non-hydrogen) atoms. The molecule has 1 aromatic rings. The largest absolute Gasteiger partial charge is 0.490 e. The van der Waals surface area contributed by atoms with Gasteiger partial charge in [-0.25, -0.2) is 4.99 Å². The van der Waals surface area contributed by atoms with Crippen LogP contribution < -0.4 is 20.5 Å². The number of nitrogens with one attached hydrogen (secondary N) is 1. The number of nitrogens with zero attached hydrogens (tertiary/aromatic N) is 1. The van der Waals surface area contributed by atoms with Crippen molar-refractivity contribution >= 4 is 29.9 Å². The number of hydrogen-bond donors (Lipinski definition) is 2. The average Bonchev–Trinajstić information content (AvgIpc) is 2.95. The van der Waals surface area contributed by atoms with Crippen LogP contribution in [0.25, 0.3) is 0 Å². The molecular weight excluding hydrogens is 417 g/mol. The quantitative estimate of drug-likeness (QED) is 0.323. The van der Waals surface area contributed by atoms with E-state index in [1.807, 2.05) is 18.2 Å². The van der Waals surface area contributed by atoms with E-state index in [2.05, 4.69) is 10.3 Å². The Hall–Kier alpha value is -1.18. The molecule has 0 atom stereocenters. The van der Waals surface area contributed by atoms with Gasteiger partial charge in [-0.3, -0.25) is 0 Å². The van der Waals surface area contributed by atoms with E-state index >= 15 is 0 Å². The van der Waals surface area contributed by atoms with Gasteiger partial charge in [0.15, 0.2) is 17.5 Å². The molecular formula is C18H28IN3O2. The molecule has 0 unspecified atom stereocenters. The molecule has 134 valence electrons. The summed E-state index contributed by atoms with van der Waals surface area (Å²) in [5.74, 6) is 2.18. The van der Waals surface area contributed by atoms with Crippen molar-refractivity contribution in [3.05, 3.63) is 23.8 Å². The normalized spacial score (nSPS) is 18.9. The summed E-state index contributed by atoms with van der Waals surface area (Å²) in [6.45, 7) is 1.97. The maximum absolute atomic E-state index is 6.05. The van der Waals surface area contributed by atoms with Gasteiger partial charge in [0.1, 0.15) is 0 Å². The predicted octanol–water partition coefficient (Wildman–Crippen LogP) is 3.59. The average molecular weight is 445 g/mol. The maximum atomic E-state index is 6.05. The van der Waals surface area contributed by atoms with Crippen LogP contribution >= 0.6 is 24.0 Å². The maximum Gasteiger partial charge on any atom is 0.189 e. The van der Waals surface area contributed by atoms with Crippen molar-refractivity contribution in [3.8, 4) is 11.5 Å². The second-order valence-electron chi connectivity index (χ2n) is 6.37. The van der Waals surface area contributed by atoms with Crippen molar-refractivity contribution in [2.45, 2.75) is 57.5 Å². The predicted molar refractivity (Wildman–Crippen MR) is 107 cm³/mol. The Balaban J connectivity index is 0.00000208. The first kappa shape index (κ1) is 19.1. The van der Waals surface area contributed by atoms with Crippen molar-refractivity contribution < 1.29 is 9.47 Å². The monoisotopic (exact) mass is 445 g/mol. The molecule has 2 aliphatic rings. The lowest BCUT2D eigenvalue weighted by atomic mass is 10.1. The van der Waals surface area contributed by atoms with Crippen LogP contribution in [-0.4, -0.2) is 25.2 Å². The molecule has 1 aliphatic heterocycles. The summed E-state index contributed by atoms with van der Waals surface area (Å²) in [6.07, 6.45) is 8.56. The summed E-state index contributed by atoms with van der Waals surface area (Å²) in [4.78, 5) is 4.48. The topological polar surface area (TPSA) is 68.9 Å². The highest BCUT2D eigenvalue weighted by molar-refractivity contribution is 14.0. The summed E-state index contributed by atoms with van der Waals surface area (Å²) in [5, 5.41) is 3.37. The number of guanidine groups is 1. The Morgan fingerprint density at radius 2 is 1.75 bits per heavy atom. The first-order chi connectivity index (χ1) is 11.3. The van der Waals surface area contributed by atoms with E-state index in [1.54, 1.807) is 0 Å². The highest BCUT2D eigenvalue weighted by Crippen LogP contribution is 2.30. The number of benzene rings is 1. The standard InChI is InChI=1S/C18H27N3O2.HI/c19-18(21-15-6-3-1-2-4-7-15)20-13-14-8-9-16-17(12-14)23-11-5-10-22-16;/h8-9,12,15H,1-7,10-11,13H2,(H3,19,20,21);1H. The number of rotatable bonds is 3. The molecule has 0 aromatic heterocycles. The first-order valence-electron chi connectivity index (χ1n) is 8.76. The summed E-state index contributed by atoms with van der Waals surface area (Å²) in [7, 11) is 0. The summed E-state index contributed by atoms with van der Waals surface area (Å²) >= 11 is 0. The summed E-state index contributed by atoms with van der Waals surface area (Å²) < 4.78 is 11.4. The zero-order chi connectivity index (χ0) is 15.9. The molecule has 5 nitrogen and oxygen atoms in total. The van der Waals surface area contributed by atoms with E-state index in [4.69, 9.17) is 15.2 Å². The molecule has 1 heterocycles. The minimum Gasteiger partial charge on any atom is -0.490 e. The molecule has 1 aromatic carbocycles. The van der Waals surface area contributed by atoms with Gasteiger partial charge in [0.2, 0.25) is 0 Å². The number of hydrogen-bond acceptors (Lipinski definition) is 3. The van der Waals surface area contributed by atoms with Crippen LogP contribution in [0.1, 0.15) is 50.5 Å². The second-order valence-corrected chi connectivity index (χ2v) is 6.37. The van der Waals surface area contributed by atoms with Crippen LogP contribution in [-0.2, 0) is 6.54 Å². The molecule has 1 saturated carbocycles. The van der Waals surface area contributed by atoms with E-state index in [1.165, 1.54) is 38.5 Å². The highest BCUT2D eigenvalue weighted by Gasteiger charge is 2.13. The van der Waals surface area contributed by atoms with Gasteiger partial charge in [-0.2, -0.15) is 0 Å². The lowest BCUT2D eigenvalue weighted by molar-refractivity contribution is 0.297. The Morgan fingerprint density at radius 3 is 2.50 bits per heavy atom. The van der Waals surface area contributed by atoms with Gasteiger partial charge in [-0.05, 0) is 30.5 Å². The van der Waals surface area contributed by atoms with E-state index in [9.17, 15) is 0 Å². The number of fused-ring (bicyclic) bond motifs is 1. The molecule has 1 aliphatic carbocycles.